The van der Waals surface area contributed by atoms with Gasteiger partial charge in [-0.1, -0.05) is 35.4 Å². The van der Waals surface area contributed by atoms with E-state index in [1.165, 1.54) is 0 Å². The van der Waals surface area contributed by atoms with Crippen molar-refractivity contribution in [1.29, 1.82) is 0 Å². The molecule has 0 atom stereocenters. The number of hydrogen-bond donors (Lipinski definition) is 8. The molecule has 0 spiro atoms. The van der Waals surface area contributed by atoms with Crippen LogP contribution in [-0.4, -0.2) is 233 Å². The minimum absolute atomic E-state index is 0. The molecule has 0 saturated heterocycles. The molecule has 0 bridgehead atoms. The number of alkyl carbamates (subject to hydrolysis) is 1. The highest BCUT2D eigenvalue weighted by Crippen LogP contribution is 2.08. The Labute approximate surface area is 436 Å². The number of carbonyl (C=O) groups excluding carboxylic acids is 8. The number of carboxylic acid groups (broad SMARTS) is 1. The van der Waals surface area contributed by atoms with E-state index in [-0.39, 0.29) is 128 Å². The molecule has 10 N–H and O–H groups in total. The van der Waals surface area contributed by atoms with Crippen LogP contribution in [0.25, 0.3) is 0 Å². The Kier molecular flexibility index (Phi) is 71.4. The minimum Gasteiger partial charge on any atom is -0.480 e. The fourth-order valence-corrected chi connectivity index (χ4v) is 3.10. The van der Waals surface area contributed by atoms with Crippen molar-refractivity contribution in [1.82, 2.24) is 16.0 Å². The largest absolute Gasteiger partial charge is 0.480 e. The lowest BCUT2D eigenvalue weighted by Crippen LogP contribution is -2.35. The van der Waals surface area contributed by atoms with E-state index in [0.717, 1.165) is 12.2 Å². The summed E-state index contributed by atoms with van der Waals surface area (Å²) in [7, 11) is 0. The first kappa shape index (κ1) is 85.8. The molecule has 0 rings (SSSR count). The maximum atomic E-state index is 11.2. The third-order valence-corrected chi connectivity index (χ3v) is 5.98. The van der Waals surface area contributed by atoms with Crippen LogP contribution in [0.3, 0.4) is 0 Å². The molecule has 0 aliphatic carbocycles. The monoisotopic (exact) mass is 1110 g/mol. The Bertz CT molecular complexity index is 1400. The van der Waals surface area contributed by atoms with Crippen molar-refractivity contribution in [2.24, 2.45) is 11.5 Å². The smallest absolute Gasteiger partial charge is 0.446 e. The number of aldehydes is 1. The predicted molar refractivity (Wildman–Crippen MR) is 262 cm³/mol. The van der Waals surface area contributed by atoms with Crippen molar-refractivity contribution in [3.05, 3.63) is 25.3 Å². The average molecular weight is 1110 g/mol. The number of esters is 4. The third kappa shape index (κ3) is 88.1. The number of aliphatic carboxylic acids is 1. The van der Waals surface area contributed by atoms with E-state index in [1.807, 2.05) is 0 Å². The number of rotatable bonds is 35. The second kappa shape index (κ2) is 62.4. The van der Waals surface area contributed by atoms with E-state index >= 15 is 0 Å². The van der Waals surface area contributed by atoms with Crippen LogP contribution < -0.4 is 27.4 Å². The van der Waals surface area contributed by atoms with Gasteiger partial charge in [0.15, 0.2) is 0 Å². The van der Waals surface area contributed by atoms with E-state index in [9.17, 15) is 51.5 Å². The molecule has 0 fully saturated rings. The number of carbonyl (C=O) groups is 9. The molecule has 75 heavy (non-hydrogen) atoms. The summed E-state index contributed by atoms with van der Waals surface area (Å²) in [4.78, 5) is 94.8. The number of aliphatic hydroxyl groups is 2. The van der Waals surface area contributed by atoms with Crippen LogP contribution >= 0.6 is 0 Å². The van der Waals surface area contributed by atoms with Crippen molar-refractivity contribution in [3.8, 4) is 0 Å². The van der Waals surface area contributed by atoms with Gasteiger partial charge in [0, 0.05) is 0 Å². The zero-order chi connectivity index (χ0) is 55.9. The molecular formula is C44H84F3N5O23. The highest BCUT2D eigenvalue weighted by molar-refractivity contribution is 5.90. The van der Waals surface area contributed by atoms with Gasteiger partial charge in [0.25, 0.3) is 0 Å². The summed E-state index contributed by atoms with van der Waals surface area (Å²) >= 11 is 0. The summed E-state index contributed by atoms with van der Waals surface area (Å²) in [5, 5.41) is 31.4. The van der Waals surface area contributed by atoms with Gasteiger partial charge in [0.05, 0.1) is 106 Å². The Morgan fingerprint density at radius 1 is 0.493 bits per heavy atom. The molecule has 31 heteroatoms. The number of nitrogens with one attached hydrogen (secondary N) is 3. The summed E-state index contributed by atoms with van der Waals surface area (Å²) in [6, 6.07) is 0. The lowest BCUT2D eigenvalue weighted by molar-refractivity contribution is -0.156. The molecule has 0 radical (unpaired) electrons. The molecule has 28 nitrogen and oxygen atoms in total. The van der Waals surface area contributed by atoms with Crippen LogP contribution in [0.15, 0.2) is 25.3 Å². The normalized spacial score (nSPS) is 9.73. The van der Waals surface area contributed by atoms with E-state index < -0.39 is 72.4 Å². The van der Waals surface area contributed by atoms with Gasteiger partial charge in [0.2, 0.25) is 18.1 Å². The second-order valence-electron chi connectivity index (χ2n) is 13.2. The SMILES string of the molecule is C.C.C.C=CC(=O)NCC(=O)OCCOCCOCCOC(=O)CNC(=O)C=C.CC(C)(C)OC(=O)NCC(=O)O.NCC(=O)OCCOCCOCCOC(=O)CN.O=CC(F)(F)F.OCCOCCOCCO. The van der Waals surface area contributed by atoms with Crippen molar-refractivity contribution in [2.45, 2.75) is 54.8 Å². The summed E-state index contributed by atoms with van der Waals surface area (Å²) in [6.07, 6.45) is -4.31. The first-order chi connectivity index (χ1) is 34.0. The standard InChI is InChI=1S/C16H24N2O8.C10H20N2O6.C7H13NO4.C6H14O4.C2HF3O.3CH4/c1-3-13(19)17-11-15(21)25-9-7-23-5-6-24-8-10-26-16(22)12-18-14(20)4-2;11-7-9(13)17-5-3-15-1-2-16-4-6-18-10(14)8-12;1-7(2,3)12-6(11)8-4-5(9)10;7-1-3-9-5-6-10-4-2-8;3-2(4,5)1-6;;;/h3-4H,1-2,5-12H2,(H,17,19)(H,18,20);1-8,11-12H2;4H2,1-3H3,(H,8,11)(H,9,10);7-8H,1-6H2;1H;3*1H4. The van der Waals surface area contributed by atoms with Crippen molar-refractivity contribution >= 4 is 54.0 Å². The summed E-state index contributed by atoms with van der Waals surface area (Å²) < 4.78 is 85.3. The first-order valence-electron chi connectivity index (χ1n) is 21.2. The number of halogens is 3. The van der Waals surface area contributed by atoms with E-state index in [2.05, 4.69) is 38.6 Å². The molecule has 0 heterocycles. The Hall–Kier alpha value is -5.90. The summed E-state index contributed by atoms with van der Waals surface area (Å²) in [5.74, 6) is -4.09. The Morgan fingerprint density at radius 3 is 0.987 bits per heavy atom. The van der Waals surface area contributed by atoms with E-state index in [4.69, 9.17) is 74.2 Å². The number of carboxylic acids is 1. The van der Waals surface area contributed by atoms with Gasteiger partial charge < -0.3 is 94.8 Å². The zero-order valence-electron chi connectivity index (χ0n) is 40.7. The number of hydrogen-bond acceptors (Lipinski definition) is 24. The van der Waals surface area contributed by atoms with E-state index in [0.29, 0.717) is 39.6 Å². The van der Waals surface area contributed by atoms with Gasteiger partial charge in [-0.05, 0) is 32.9 Å². The van der Waals surface area contributed by atoms with Crippen molar-refractivity contribution < 1.29 is 124 Å². The lowest BCUT2D eigenvalue weighted by Gasteiger charge is -2.19. The maximum absolute atomic E-state index is 11.2. The van der Waals surface area contributed by atoms with Gasteiger partial charge >= 0.3 is 42.1 Å². The van der Waals surface area contributed by atoms with Crippen LogP contribution in [0.4, 0.5) is 18.0 Å². The number of ether oxygens (including phenoxy) is 11. The van der Waals surface area contributed by atoms with Crippen molar-refractivity contribution in [2.75, 3.05) is 152 Å². The van der Waals surface area contributed by atoms with Crippen LogP contribution in [0.2, 0.25) is 0 Å². The minimum atomic E-state index is -4.64. The first-order valence-corrected chi connectivity index (χ1v) is 21.2. The zero-order valence-corrected chi connectivity index (χ0v) is 40.7. The van der Waals surface area contributed by atoms with Gasteiger partial charge in [0.1, 0.15) is 51.7 Å². The van der Waals surface area contributed by atoms with Gasteiger partial charge in [-0.2, -0.15) is 13.2 Å². The topological polar surface area (TPSA) is 404 Å². The molecule has 444 valence electrons. The van der Waals surface area contributed by atoms with E-state index in [1.54, 1.807) is 20.8 Å². The molecule has 0 saturated carbocycles. The van der Waals surface area contributed by atoms with Gasteiger partial charge in [-0.15, -0.1) is 0 Å². The summed E-state index contributed by atoms with van der Waals surface area (Å²) in [5.41, 5.74) is 9.47. The highest BCUT2D eigenvalue weighted by Gasteiger charge is 2.25. The van der Waals surface area contributed by atoms with Crippen molar-refractivity contribution in [3.63, 3.8) is 0 Å². The average Bonchev–Trinajstić information content (AvgIpc) is 3.33. The predicted octanol–water partition coefficient (Wildman–Crippen LogP) is -1.01. The maximum Gasteiger partial charge on any atom is 0.446 e. The van der Waals surface area contributed by atoms with Gasteiger partial charge in [-0.3, -0.25) is 38.4 Å². The van der Waals surface area contributed by atoms with Crippen LogP contribution in [0.5, 0.6) is 0 Å². The number of nitrogens with two attached hydrogens (primary N) is 2. The quantitative estimate of drug-likeness (QED) is 0.0124. The fourth-order valence-electron chi connectivity index (χ4n) is 3.10. The van der Waals surface area contributed by atoms with Gasteiger partial charge in [-0.25, -0.2) is 4.79 Å². The lowest BCUT2D eigenvalue weighted by atomic mass is 10.2. The molecule has 0 aromatic rings. The highest BCUT2D eigenvalue weighted by atomic mass is 19.4. The van der Waals surface area contributed by atoms with Crippen LogP contribution in [-0.2, 0) is 90.5 Å². The molecule has 0 aromatic heterocycles. The fraction of sp³-hybridized carbons (Fsp3) is 0.705. The number of alkyl halides is 3. The molecule has 0 unspecified atom stereocenters. The Morgan fingerprint density at radius 2 is 0.760 bits per heavy atom. The van der Waals surface area contributed by atoms with Crippen LogP contribution in [0, 0.1) is 0 Å². The second-order valence-corrected chi connectivity index (χ2v) is 13.2. The Balaban J connectivity index is -0.000000133. The molecule has 0 aliphatic rings. The molecular weight excluding hydrogens is 1020 g/mol. The third-order valence-electron chi connectivity index (χ3n) is 5.98. The molecule has 0 aliphatic heterocycles. The number of aliphatic hydroxyl groups excluding tert-OH is 2. The number of amides is 3. The molecule has 0 aromatic carbocycles. The summed E-state index contributed by atoms with van der Waals surface area (Å²) in [6.45, 7) is 14.8. The molecule has 3 amide bonds. The van der Waals surface area contributed by atoms with Crippen LogP contribution in [0.1, 0.15) is 43.1 Å².